The molecular weight excluding hydrogens is 264 g/mol. The number of benzene rings is 1. The van der Waals surface area contributed by atoms with Crippen LogP contribution in [-0.2, 0) is 6.54 Å². The van der Waals surface area contributed by atoms with E-state index in [1.54, 1.807) is 6.07 Å². The molecule has 0 bridgehead atoms. The molecule has 6 nitrogen and oxygen atoms in total. The summed E-state index contributed by atoms with van der Waals surface area (Å²) in [4.78, 5) is 10.9. The molecule has 0 aliphatic carbocycles. The molecule has 3 N–H and O–H groups in total. The average molecular weight is 282 g/mol. The molecule has 0 radical (unpaired) electrons. The number of hydrazine groups is 1. The zero-order valence-electron chi connectivity index (χ0n) is 12.0. The topological polar surface area (TPSA) is 90.9 Å². The third-order valence-corrected chi connectivity index (χ3v) is 3.00. The van der Waals surface area contributed by atoms with Crippen molar-refractivity contribution >= 4 is 11.5 Å². The van der Waals surface area contributed by atoms with E-state index >= 15 is 0 Å². The standard InChI is InChI=1S/C15H18N6/c1-12-10-14(20-17)19-15(18-12)11-21(9-5-8-16)13-6-3-2-4-7-13/h2-4,6-7,10H,5,9,11,17H2,1H3,(H,18,19,20). The first kappa shape index (κ1) is 14.8. The van der Waals surface area contributed by atoms with E-state index in [1.807, 2.05) is 37.3 Å². The van der Waals surface area contributed by atoms with Gasteiger partial charge in [-0.3, -0.25) is 0 Å². The second-order valence-electron chi connectivity index (χ2n) is 4.62. The molecule has 21 heavy (non-hydrogen) atoms. The molecule has 6 heteroatoms. The summed E-state index contributed by atoms with van der Waals surface area (Å²) in [7, 11) is 0. The van der Waals surface area contributed by atoms with E-state index in [4.69, 9.17) is 11.1 Å². The molecule has 1 aromatic heterocycles. The Hall–Kier alpha value is -2.65. The van der Waals surface area contributed by atoms with Crippen LogP contribution in [0.15, 0.2) is 36.4 Å². The normalized spacial score (nSPS) is 9.95. The molecule has 1 aromatic carbocycles. The summed E-state index contributed by atoms with van der Waals surface area (Å²) in [6.07, 6.45) is 0.447. The van der Waals surface area contributed by atoms with Crippen molar-refractivity contribution in [3.05, 3.63) is 47.9 Å². The average Bonchev–Trinajstić information content (AvgIpc) is 2.51. The molecule has 0 amide bonds. The van der Waals surface area contributed by atoms with Crippen LogP contribution in [0.3, 0.4) is 0 Å². The largest absolute Gasteiger partial charge is 0.363 e. The highest BCUT2D eigenvalue weighted by Gasteiger charge is 2.10. The van der Waals surface area contributed by atoms with Gasteiger partial charge in [0.2, 0.25) is 0 Å². The fraction of sp³-hybridized carbons (Fsp3) is 0.267. The molecule has 1 heterocycles. The molecule has 0 fully saturated rings. The van der Waals surface area contributed by atoms with Crippen LogP contribution in [0, 0.1) is 18.3 Å². The lowest BCUT2D eigenvalue weighted by atomic mass is 10.2. The quantitative estimate of drug-likeness (QED) is 0.622. The van der Waals surface area contributed by atoms with E-state index in [9.17, 15) is 0 Å². The minimum atomic E-state index is 0.447. The van der Waals surface area contributed by atoms with Crippen LogP contribution in [0.2, 0.25) is 0 Å². The van der Waals surface area contributed by atoms with Gasteiger partial charge in [0.1, 0.15) is 11.6 Å². The van der Waals surface area contributed by atoms with E-state index in [-0.39, 0.29) is 0 Å². The monoisotopic (exact) mass is 282 g/mol. The van der Waals surface area contributed by atoms with Gasteiger partial charge in [0.25, 0.3) is 0 Å². The van der Waals surface area contributed by atoms with E-state index in [0.29, 0.717) is 31.2 Å². The summed E-state index contributed by atoms with van der Waals surface area (Å²) in [5.41, 5.74) is 4.43. The van der Waals surface area contributed by atoms with Crippen molar-refractivity contribution in [1.29, 1.82) is 5.26 Å². The van der Waals surface area contributed by atoms with Crippen LogP contribution in [0.25, 0.3) is 0 Å². The minimum absolute atomic E-state index is 0.447. The van der Waals surface area contributed by atoms with E-state index in [2.05, 4.69) is 26.4 Å². The molecule has 0 unspecified atom stereocenters. The number of aromatic nitrogens is 2. The Kier molecular flexibility index (Phi) is 5.07. The SMILES string of the molecule is Cc1cc(NN)nc(CN(CCC#N)c2ccccc2)n1. The number of aryl methyl sites for hydroxylation is 1. The van der Waals surface area contributed by atoms with E-state index in [1.165, 1.54) is 0 Å². The molecule has 0 atom stereocenters. The smallest absolute Gasteiger partial charge is 0.150 e. The summed E-state index contributed by atoms with van der Waals surface area (Å²) >= 11 is 0. The summed E-state index contributed by atoms with van der Waals surface area (Å²) in [6.45, 7) is 3.05. The van der Waals surface area contributed by atoms with Crippen LogP contribution < -0.4 is 16.2 Å². The predicted octanol–water partition coefficient (Wildman–Crippen LogP) is 1.99. The number of nitrogens with zero attached hydrogens (tertiary/aromatic N) is 4. The Balaban J connectivity index is 2.23. The zero-order chi connectivity index (χ0) is 15.1. The first-order valence-corrected chi connectivity index (χ1v) is 6.71. The number of nitrogens with two attached hydrogens (primary N) is 1. The number of hydrogen-bond acceptors (Lipinski definition) is 6. The Morgan fingerprint density at radius 1 is 1.29 bits per heavy atom. The number of nitriles is 1. The maximum absolute atomic E-state index is 8.82. The zero-order valence-corrected chi connectivity index (χ0v) is 12.0. The van der Waals surface area contributed by atoms with Crippen LogP contribution in [0.1, 0.15) is 17.9 Å². The first-order valence-electron chi connectivity index (χ1n) is 6.71. The summed E-state index contributed by atoms with van der Waals surface area (Å²) in [5.74, 6) is 6.67. The third kappa shape index (κ3) is 4.16. The van der Waals surface area contributed by atoms with Gasteiger partial charge in [0.05, 0.1) is 19.0 Å². The number of nitrogens with one attached hydrogen (secondary N) is 1. The van der Waals surface area contributed by atoms with Crippen LogP contribution >= 0.6 is 0 Å². The molecule has 0 aliphatic heterocycles. The highest BCUT2D eigenvalue weighted by molar-refractivity contribution is 5.46. The second-order valence-corrected chi connectivity index (χ2v) is 4.62. The molecular formula is C15H18N6. The lowest BCUT2D eigenvalue weighted by molar-refractivity contribution is 0.754. The number of rotatable bonds is 6. The van der Waals surface area contributed by atoms with Gasteiger partial charge in [-0.25, -0.2) is 15.8 Å². The van der Waals surface area contributed by atoms with Gasteiger partial charge in [-0.2, -0.15) is 5.26 Å². The molecule has 0 spiro atoms. The van der Waals surface area contributed by atoms with Gasteiger partial charge >= 0.3 is 0 Å². The van der Waals surface area contributed by atoms with Crippen molar-refractivity contribution in [2.75, 3.05) is 16.9 Å². The van der Waals surface area contributed by atoms with Crippen molar-refractivity contribution < 1.29 is 0 Å². The molecule has 0 saturated carbocycles. The number of nitrogen functional groups attached to an aromatic ring is 1. The Morgan fingerprint density at radius 2 is 2.05 bits per heavy atom. The van der Waals surface area contributed by atoms with Crippen LogP contribution in [0.4, 0.5) is 11.5 Å². The lowest BCUT2D eigenvalue weighted by Crippen LogP contribution is -2.25. The van der Waals surface area contributed by atoms with Gasteiger partial charge in [0, 0.05) is 24.0 Å². The summed E-state index contributed by atoms with van der Waals surface area (Å²) in [5, 5.41) is 8.82. The van der Waals surface area contributed by atoms with Gasteiger partial charge in [-0.1, -0.05) is 18.2 Å². The van der Waals surface area contributed by atoms with Gasteiger partial charge in [-0.05, 0) is 19.1 Å². The fourth-order valence-corrected chi connectivity index (χ4v) is 2.07. The number of anilines is 2. The molecule has 0 saturated heterocycles. The molecule has 0 aliphatic rings. The number of para-hydroxylation sites is 1. The molecule has 108 valence electrons. The summed E-state index contributed by atoms with van der Waals surface area (Å²) in [6, 6.07) is 13.9. The maximum Gasteiger partial charge on any atom is 0.150 e. The highest BCUT2D eigenvalue weighted by atomic mass is 15.3. The lowest BCUT2D eigenvalue weighted by Gasteiger charge is -2.23. The van der Waals surface area contributed by atoms with Crippen molar-refractivity contribution in [3.63, 3.8) is 0 Å². The van der Waals surface area contributed by atoms with Crippen molar-refractivity contribution in [1.82, 2.24) is 9.97 Å². The Bertz CT molecular complexity index is 620. The van der Waals surface area contributed by atoms with E-state index < -0.39 is 0 Å². The number of hydrogen-bond donors (Lipinski definition) is 2. The Labute approximate surface area is 124 Å². The third-order valence-electron chi connectivity index (χ3n) is 3.00. The predicted molar refractivity (Wildman–Crippen MR) is 82.3 cm³/mol. The fourth-order valence-electron chi connectivity index (χ4n) is 2.07. The second kappa shape index (κ2) is 7.22. The van der Waals surface area contributed by atoms with E-state index in [0.717, 1.165) is 11.4 Å². The van der Waals surface area contributed by atoms with Gasteiger partial charge in [-0.15, -0.1) is 0 Å². The van der Waals surface area contributed by atoms with Crippen molar-refractivity contribution in [2.24, 2.45) is 5.84 Å². The van der Waals surface area contributed by atoms with Crippen LogP contribution in [0.5, 0.6) is 0 Å². The Morgan fingerprint density at radius 3 is 2.71 bits per heavy atom. The van der Waals surface area contributed by atoms with Crippen molar-refractivity contribution in [2.45, 2.75) is 19.9 Å². The van der Waals surface area contributed by atoms with Gasteiger partial charge in [0.15, 0.2) is 0 Å². The van der Waals surface area contributed by atoms with Crippen molar-refractivity contribution in [3.8, 4) is 6.07 Å². The first-order chi connectivity index (χ1) is 10.2. The van der Waals surface area contributed by atoms with Gasteiger partial charge < -0.3 is 10.3 Å². The van der Waals surface area contributed by atoms with Crippen LogP contribution in [-0.4, -0.2) is 16.5 Å². The minimum Gasteiger partial charge on any atom is -0.363 e. The maximum atomic E-state index is 8.82. The summed E-state index contributed by atoms with van der Waals surface area (Å²) < 4.78 is 0. The molecule has 2 rings (SSSR count). The highest BCUT2D eigenvalue weighted by Crippen LogP contribution is 2.16. The molecule has 2 aromatic rings.